The highest BCUT2D eigenvalue weighted by Gasteiger charge is 2.28. The summed E-state index contributed by atoms with van der Waals surface area (Å²) in [6, 6.07) is 6.13. The number of H-pyrrole nitrogens is 1. The van der Waals surface area contributed by atoms with Gasteiger partial charge in [-0.2, -0.15) is 0 Å². The monoisotopic (exact) mass is 404 g/mol. The van der Waals surface area contributed by atoms with Gasteiger partial charge < -0.3 is 9.72 Å². The quantitative estimate of drug-likeness (QED) is 0.664. The number of rotatable bonds is 7. The summed E-state index contributed by atoms with van der Waals surface area (Å²) in [6.07, 6.45) is 6.26. The van der Waals surface area contributed by atoms with Crippen molar-refractivity contribution in [2.24, 2.45) is 11.8 Å². The van der Waals surface area contributed by atoms with E-state index in [0.29, 0.717) is 34.0 Å². The molecule has 154 valence electrons. The van der Waals surface area contributed by atoms with Crippen molar-refractivity contribution in [1.29, 1.82) is 0 Å². The Morgan fingerprint density at radius 1 is 1.11 bits per heavy atom. The second-order valence-corrected chi connectivity index (χ2v) is 9.37. The van der Waals surface area contributed by atoms with Gasteiger partial charge in [0.15, 0.2) is 0 Å². The van der Waals surface area contributed by atoms with Crippen molar-refractivity contribution < 1.29 is 4.74 Å². The molecule has 1 aromatic heterocycles. The Kier molecular flexibility index (Phi) is 7.05. The summed E-state index contributed by atoms with van der Waals surface area (Å²) >= 11 is 6.40. The molecule has 1 aliphatic carbocycles. The number of nitrogens with zero attached hydrogens (tertiary/aromatic N) is 1. The third-order valence-corrected chi connectivity index (χ3v) is 5.77. The van der Waals surface area contributed by atoms with Gasteiger partial charge in [0.1, 0.15) is 5.75 Å². The molecule has 4 nitrogen and oxygen atoms in total. The minimum Gasteiger partial charge on any atom is -0.489 e. The van der Waals surface area contributed by atoms with Crippen LogP contribution < -0.4 is 10.3 Å². The van der Waals surface area contributed by atoms with Crippen molar-refractivity contribution in [3.8, 4) is 5.75 Å². The van der Waals surface area contributed by atoms with Gasteiger partial charge >= 0.3 is 0 Å². The molecular weight excluding hydrogens is 372 g/mol. The maximum Gasteiger partial charge on any atom is 0.255 e. The zero-order valence-corrected chi connectivity index (χ0v) is 18.3. The van der Waals surface area contributed by atoms with E-state index in [1.54, 1.807) is 12.3 Å². The number of pyridine rings is 1. The zero-order valence-electron chi connectivity index (χ0n) is 17.5. The molecule has 0 unspecified atom stereocenters. The van der Waals surface area contributed by atoms with Gasteiger partial charge in [-0.1, -0.05) is 39.3 Å². The SMILES string of the molecule is CC(C)CN(CC(C)C)[C@H]1CC[C@H](Oc2cc3cc[nH]c(=O)c3cc2Cl)CC1. The summed E-state index contributed by atoms with van der Waals surface area (Å²) in [6.45, 7) is 11.5. The number of hydrogen-bond donors (Lipinski definition) is 1. The Morgan fingerprint density at radius 2 is 1.75 bits per heavy atom. The van der Waals surface area contributed by atoms with Crippen LogP contribution in [0.5, 0.6) is 5.75 Å². The van der Waals surface area contributed by atoms with E-state index in [-0.39, 0.29) is 11.7 Å². The lowest BCUT2D eigenvalue weighted by atomic mass is 9.90. The van der Waals surface area contributed by atoms with Gasteiger partial charge in [-0.05, 0) is 61.1 Å². The molecule has 0 atom stereocenters. The van der Waals surface area contributed by atoms with Crippen LogP contribution in [0.25, 0.3) is 10.8 Å². The Labute approximate surface area is 173 Å². The summed E-state index contributed by atoms with van der Waals surface area (Å²) in [4.78, 5) is 17.3. The summed E-state index contributed by atoms with van der Waals surface area (Å²) in [7, 11) is 0. The number of fused-ring (bicyclic) bond motifs is 1. The molecule has 1 aromatic carbocycles. The highest BCUT2D eigenvalue weighted by molar-refractivity contribution is 6.32. The lowest BCUT2D eigenvalue weighted by molar-refractivity contribution is 0.0745. The van der Waals surface area contributed by atoms with E-state index in [9.17, 15) is 4.79 Å². The number of nitrogens with one attached hydrogen (secondary N) is 1. The topological polar surface area (TPSA) is 45.3 Å². The summed E-state index contributed by atoms with van der Waals surface area (Å²) < 4.78 is 6.26. The number of aromatic nitrogens is 1. The average molecular weight is 405 g/mol. The van der Waals surface area contributed by atoms with E-state index in [1.165, 1.54) is 13.1 Å². The Bertz CT molecular complexity index is 828. The van der Waals surface area contributed by atoms with Crippen LogP contribution >= 0.6 is 11.6 Å². The predicted octanol–water partition coefficient (Wildman–Crippen LogP) is 5.49. The van der Waals surface area contributed by atoms with Crippen LogP contribution in [0, 0.1) is 11.8 Å². The second-order valence-electron chi connectivity index (χ2n) is 8.97. The van der Waals surface area contributed by atoms with Crippen LogP contribution in [-0.4, -0.2) is 35.1 Å². The van der Waals surface area contributed by atoms with Gasteiger partial charge in [0, 0.05) is 30.7 Å². The van der Waals surface area contributed by atoms with Gasteiger partial charge in [0.25, 0.3) is 5.56 Å². The van der Waals surface area contributed by atoms with E-state index in [0.717, 1.165) is 31.1 Å². The fourth-order valence-corrected chi connectivity index (χ4v) is 4.51. The van der Waals surface area contributed by atoms with E-state index in [4.69, 9.17) is 16.3 Å². The maximum absolute atomic E-state index is 11.9. The smallest absolute Gasteiger partial charge is 0.255 e. The highest BCUT2D eigenvalue weighted by atomic mass is 35.5. The molecule has 1 N–H and O–H groups in total. The Morgan fingerprint density at radius 3 is 2.36 bits per heavy atom. The van der Waals surface area contributed by atoms with E-state index < -0.39 is 0 Å². The van der Waals surface area contributed by atoms with Gasteiger partial charge in [-0.25, -0.2) is 0 Å². The average Bonchev–Trinajstić information content (AvgIpc) is 2.62. The molecular formula is C23H33ClN2O2. The summed E-state index contributed by atoms with van der Waals surface area (Å²) in [5.74, 6) is 2.06. The van der Waals surface area contributed by atoms with Crippen molar-refractivity contribution in [3.05, 3.63) is 39.8 Å². The van der Waals surface area contributed by atoms with Gasteiger partial charge in [-0.15, -0.1) is 0 Å². The lowest BCUT2D eigenvalue weighted by Gasteiger charge is -2.38. The summed E-state index contributed by atoms with van der Waals surface area (Å²) in [5.41, 5.74) is -0.123. The fraction of sp³-hybridized carbons (Fsp3) is 0.609. The zero-order chi connectivity index (χ0) is 20.3. The standard InChI is InChI=1S/C23H33ClN2O2/c1-15(2)13-26(14-16(3)4)18-5-7-19(8-6-18)28-22-11-17-9-10-25-23(27)20(17)12-21(22)24/h9-12,15-16,18-19H,5-8,13-14H2,1-4H3,(H,25,27)/t18-,19-. The first-order valence-electron chi connectivity index (χ1n) is 10.5. The van der Waals surface area contributed by atoms with Crippen molar-refractivity contribution in [2.45, 2.75) is 65.5 Å². The first-order chi connectivity index (χ1) is 13.3. The van der Waals surface area contributed by atoms with Gasteiger partial charge in [0.05, 0.1) is 11.1 Å². The lowest BCUT2D eigenvalue weighted by Crippen LogP contribution is -2.43. The van der Waals surface area contributed by atoms with E-state index in [2.05, 4.69) is 37.6 Å². The Balaban J connectivity index is 1.64. The molecule has 0 saturated heterocycles. The maximum atomic E-state index is 11.9. The molecule has 1 heterocycles. The number of aromatic amines is 1. The van der Waals surface area contributed by atoms with Crippen LogP contribution in [0.3, 0.4) is 0 Å². The molecule has 5 heteroatoms. The largest absolute Gasteiger partial charge is 0.489 e. The molecule has 0 spiro atoms. The normalized spacial score (nSPS) is 20.4. The van der Waals surface area contributed by atoms with Crippen LogP contribution in [0.4, 0.5) is 0 Å². The molecule has 0 bridgehead atoms. The fourth-order valence-electron chi connectivity index (χ4n) is 4.30. The minimum absolute atomic E-state index is 0.123. The Hall–Kier alpha value is -1.52. The molecule has 28 heavy (non-hydrogen) atoms. The third-order valence-electron chi connectivity index (χ3n) is 5.48. The molecule has 3 rings (SSSR count). The van der Waals surface area contributed by atoms with E-state index >= 15 is 0 Å². The second kappa shape index (κ2) is 9.32. The van der Waals surface area contributed by atoms with Crippen LogP contribution in [0.15, 0.2) is 29.2 Å². The van der Waals surface area contributed by atoms with Crippen LogP contribution in [-0.2, 0) is 0 Å². The van der Waals surface area contributed by atoms with Crippen molar-refractivity contribution in [1.82, 2.24) is 9.88 Å². The van der Waals surface area contributed by atoms with Crippen molar-refractivity contribution >= 4 is 22.4 Å². The first-order valence-corrected chi connectivity index (χ1v) is 10.9. The molecule has 1 aliphatic rings. The van der Waals surface area contributed by atoms with Crippen LogP contribution in [0.1, 0.15) is 53.4 Å². The van der Waals surface area contributed by atoms with Crippen molar-refractivity contribution in [3.63, 3.8) is 0 Å². The molecule has 1 fully saturated rings. The number of halogens is 1. The van der Waals surface area contributed by atoms with Gasteiger partial charge in [-0.3, -0.25) is 9.69 Å². The predicted molar refractivity (Wildman–Crippen MR) is 117 cm³/mol. The van der Waals surface area contributed by atoms with Gasteiger partial charge in [0.2, 0.25) is 0 Å². The molecule has 1 saturated carbocycles. The molecule has 0 aliphatic heterocycles. The molecule has 0 radical (unpaired) electrons. The van der Waals surface area contributed by atoms with E-state index in [1.807, 2.05) is 12.1 Å². The number of ether oxygens (including phenoxy) is 1. The molecule has 2 aromatic rings. The van der Waals surface area contributed by atoms with Crippen molar-refractivity contribution in [2.75, 3.05) is 13.1 Å². The van der Waals surface area contributed by atoms with Crippen LogP contribution in [0.2, 0.25) is 5.02 Å². The highest BCUT2D eigenvalue weighted by Crippen LogP contribution is 2.33. The minimum atomic E-state index is -0.123. The number of benzene rings is 1. The first kappa shape index (κ1) is 21.2. The third kappa shape index (κ3) is 5.30. The number of hydrogen-bond acceptors (Lipinski definition) is 3. The summed E-state index contributed by atoms with van der Waals surface area (Å²) in [5, 5.41) is 1.96. The molecule has 0 amide bonds.